The van der Waals surface area contributed by atoms with Gasteiger partial charge in [0.25, 0.3) is 0 Å². The van der Waals surface area contributed by atoms with Gasteiger partial charge in [-0.15, -0.1) is 0 Å². The summed E-state index contributed by atoms with van der Waals surface area (Å²) in [6, 6.07) is 10.2. The summed E-state index contributed by atoms with van der Waals surface area (Å²) in [5.74, 6) is 0.977. The van der Waals surface area contributed by atoms with Crippen molar-refractivity contribution >= 4 is 11.7 Å². The van der Waals surface area contributed by atoms with Crippen molar-refractivity contribution in [3.05, 3.63) is 77.3 Å². The number of ketones is 1. The Labute approximate surface area is 151 Å². The van der Waals surface area contributed by atoms with Crippen molar-refractivity contribution in [2.75, 3.05) is 11.9 Å². The molecule has 0 fully saturated rings. The van der Waals surface area contributed by atoms with Crippen LogP contribution >= 0.6 is 0 Å². The van der Waals surface area contributed by atoms with E-state index in [4.69, 9.17) is 4.42 Å². The molecule has 2 aromatic heterocycles. The zero-order valence-corrected chi connectivity index (χ0v) is 14.7. The molecule has 0 aliphatic carbocycles. The Balaban J connectivity index is 1.70. The van der Waals surface area contributed by atoms with Crippen molar-refractivity contribution < 1.29 is 13.6 Å². The number of hydrogen-bond donors (Lipinski definition) is 1. The van der Waals surface area contributed by atoms with Gasteiger partial charge < -0.3 is 9.73 Å². The zero-order chi connectivity index (χ0) is 18.5. The standard InChI is InChI=1S/C20H20FN3O2/c1-13-18(14(2)25)12-23-20(24-13)22-10-9-17(19-4-3-11-26-19)15-5-7-16(21)8-6-15/h3-8,11-12,17H,9-10H2,1-2H3,(H,22,23,24)/t17-/m0/s1. The van der Waals surface area contributed by atoms with Crippen molar-refractivity contribution in [2.24, 2.45) is 0 Å². The molecule has 5 nitrogen and oxygen atoms in total. The molecule has 0 saturated heterocycles. The summed E-state index contributed by atoms with van der Waals surface area (Å²) in [5, 5.41) is 3.18. The van der Waals surface area contributed by atoms with Crippen LogP contribution in [0.2, 0.25) is 0 Å². The lowest BCUT2D eigenvalue weighted by Gasteiger charge is -2.16. The van der Waals surface area contributed by atoms with E-state index in [0.717, 1.165) is 17.7 Å². The molecule has 26 heavy (non-hydrogen) atoms. The Hall–Kier alpha value is -3.02. The molecule has 0 radical (unpaired) electrons. The average Bonchev–Trinajstić information content (AvgIpc) is 3.14. The first-order chi connectivity index (χ1) is 12.5. The molecule has 0 aliphatic rings. The van der Waals surface area contributed by atoms with E-state index in [2.05, 4.69) is 15.3 Å². The molecule has 1 atom stereocenters. The molecule has 0 unspecified atom stereocenters. The van der Waals surface area contributed by atoms with Crippen LogP contribution in [0.1, 0.15) is 46.6 Å². The topological polar surface area (TPSA) is 68.0 Å². The predicted molar refractivity (Wildman–Crippen MR) is 96.8 cm³/mol. The van der Waals surface area contributed by atoms with Gasteiger partial charge in [0.1, 0.15) is 11.6 Å². The Kier molecular flexibility index (Phi) is 5.41. The fourth-order valence-corrected chi connectivity index (χ4v) is 2.88. The highest BCUT2D eigenvalue weighted by molar-refractivity contribution is 5.94. The Morgan fingerprint density at radius 1 is 1.27 bits per heavy atom. The van der Waals surface area contributed by atoms with E-state index in [0.29, 0.717) is 23.8 Å². The molecule has 1 aromatic carbocycles. The van der Waals surface area contributed by atoms with Gasteiger partial charge in [0.05, 0.1) is 17.5 Å². The quantitative estimate of drug-likeness (QED) is 0.640. The van der Waals surface area contributed by atoms with Crippen molar-refractivity contribution in [3.63, 3.8) is 0 Å². The molecule has 2 heterocycles. The van der Waals surface area contributed by atoms with E-state index in [-0.39, 0.29) is 17.5 Å². The first kappa shape index (κ1) is 17.8. The summed E-state index contributed by atoms with van der Waals surface area (Å²) >= 11 is 0. The lowest BCUT2D eigenvalue weighted by atomic mass is 9.93. The number of carbonyl (C=O) groups is 1. The van der Waals surface area contributed by atoms with Crippen LogP contribution in [0, 0.1) is 12.7 Å². The molecule has 0 bridgehead atoms. The van der Waals surface area contributed by atoms with Gasteiger partial charge in [-0.3, -0.25) is 4.79 Å². The van der Waals surface area contributed by atoms with Crippen LogP contribution in [-0.4, -0.2) is 22.3 Å². The van der Waals surface area contributed by atoms with E-state index >= 15 is 0 Å². The minimum absolute atomic E-state index is 0.00399. The molecule has 134 valence electrons. The van der Waals surface area contributed by atoms with Gasteiger partial charge in [0, 0.05) is 18.7 Å². The summed E-state index contributed by atoms with van der Waals surface area (Å²) in [5.41, 5.74) is 2.15. The van der Waals surface area contributed by atoms with Crippen LogP contribution in [0.3, 0.4) is 0 Å². The number of anilines is 1. The molecule has 6 heteroatoms. The van der Waals surface area contributed by atoms with Crippen LogP contribution in [0.5, 0.6) is 0 Å². The van der Waals surface area contributed by atoms with Crippen LogP contribution in [0.15, 0.2) is 53.3 Å². The molecule has 1 N–H and O–H groups in total. The van der Waals surface area contributed by atoms with Gasteiger partial charge in [-0.25, -0.2) is 14.4 Å². The molecular weight excluding hydrogens is 333 g/mol. The minimum Gasteiger partial charge on any atom is -0.469 e. The van der Waals surface area contributed by atoms with Crippen molar-refractivity contribution in [2.45, 2.75) is 26.2 Å². The summed E-state index contributed by atoms with van der Waals surface area (Å²) in [6.45, 7) is 3.88. The number of Topliss-reactive ketones (excluding diaryl/α,β-unsaturated/α-hetero) is 1. The van der Waals surface area contributed by atoms with Gasteiger partial charge >= 0.3 is 0 Å². The number of benzene rings is 1. The number of hydrogen-bond acceptors (Lipinski definition) is 5. The molecular formula is C20H20FN3O2. The normalized spacial score (nSPS) is 12.0. The van der Waals surface area contributed by atoms with Crippen molar-refractivity contribution in [3.8, 4) is 0 Å². The average molecular weight is 353 g/mol. The molecule has 0 saturated carbocycles. The molecule has 0 spiro atoms. The third-order valence-corrected chi connectivity index (χ3v) is 4.23. The van der Waals surface area contributed by atoms with E-state index in [1.165, 1.54) is 25.3 Å². The summed E-state index contributed by atoms with van der Waals surface area (Å²) in [4.78, 5) is 20.0. The van der Waals surface area contributed by atoms with Crippen molar-refractivity contribution in [1.29, 1.82) is 0 Å². The van der Waals surface area contributed by atoms with Crippen LogP contribution < -0.4 is 5.32 Å². The maximum Gasteiger partial charge on any atom is 0.222 e. The summed E-state index contributed by atoms with van der Waals surface area (Å²) in [6.07, 6.45) is 3.89. The third-order valence-electron chi connectivity index (χ3n) is 4.23. The van der Waals surface area contributed by atoms with Crippen molar-refractivity contribution in [1.82, 2.24) is 9.97 Å². The number of carbonyl (C=O) groups excluding carboxylic acids is 1. The second-order valence-corrected chi connectivity index (χ2v) is 6.08. The first-order valence-electron chi connectivity index (χ1n) is 8.42. The van der Waals surface area contributed by atoms with Crippen LogP contribution in [0.25, 0.3) is 0 Å². The molecule has 0 amide bonds. The minimum atomic E-state index is -0.264. The highest BCUT2D eigenvalue weighted by atomic mass is 19.1. The van der Waals surface area contributed by atoms with E-state index in [9.17, 15) is 9.18 Å². The Morgan fingerprint density at radius 3 is 2.65 bits per heavy atom. The predicted octanol–water partition coefficient (Wildman–Crippen LogP) is 4.35. The number of nitrogens with one attached hydrogen (secondary N) is 1. The number of rotatable bonds is 7. The fraction of sp³-hybridized carbons (Fsp3) is 0.250. The number of nitrogens with zero attached hydrogens (tertiary/aromatic N) is 2. The number of halogens is 1. The lowest BCUT2D eigenvalue weighted by Crippen LogP contribution is -2.12. The van der Waals surface area contributed by atoms with Gasteiger partial charge in [-0.1, -0.05) is 12.1 Å². The smallest absolute Gasteiger partial charge is 0.222 e. The highest BCUT2D eigenvalue weighted by Crippen LogP contribution is 2.28. The van der Waals surface area contributed by atoms with Crippen LogP contribution in [0.4, 0.5) is 10.3 Å². The Morgan fingerprint density at radius 2 is 2.04 bits per heavy atom. The second-order valence-electron chi connectivity index (χ2n) is 6.08. The number of aryl methyl sites for hydroxylation is 1. The van der Waals surface area contributed by atoms with E-state index < -0.39 is 0 Å². The Bertz CT molecular complexity index is 877. The SMILES string of the molecule is CC(=O)c1cnc(NCC[C@@H](c2ccc(F)cc2)c2ccco2)nc1C. The number of furan rings is 1. The highest BCUT2D eigenvalue weighted by Gasteiger charge is 2.17. The summed E-state index contributed by atoms with van der Waals surface area (Å²) < 4.78 is 18.8. The van der Waals surface area contributed by atoms with E-state index in [1.807, 2.05) is 12.1 Å². The van der Waals surface area contributed by atoms with Crippen LogP contribution in [-0.2, 0) is 0 Å². The maximum absolute atomic E-state index is 13.2. The monoisotopic (exact) mass is 353 g/mol. The molecule has 3 aromatic rings. The molecule has 3 rings (SSSR count). The summed E-state index contributed by atoms with van der Waals surface area (Å²) in [7, 11) is 0. The maximum atomic E-state index is 13.2. The van der Waals surface area contributed by atoms with E-state index in [1.54, 1.807) is 25.3 Å². The second kappa shape index (κ2) is 7.91. The van der Waals surface area contributed by atoms with Gasteiger partial charge in [-0.05, 0) is 50.1 Å². The third kappa shape index (κ3) is 4.14. The lowest BCUT2D eigenvalue weighted by molar-refractivity contribution is 0.101. The van der Waals surface area contributed by atoms with Gasteiger partial charge in [-0.2, -0.15) is 0 Å². The largest absolute Gasteiger partial charge is 0.469 e. The first-order valence-corrected chi connectivity index (χ1v) is 8.42. The molecule has 0 aliphatic heterocycles. The van der Waals surface area contributed by atoms with Gasteiger partial charge in [0.15, 0.2) is 5.78 Å². The zero-order valence-electron chi connectivity index (χ0n) is 14.7. The van der Waals surface area contributed by atoms with Gasteiger partial charge in [0.2, 0.25) is 5.95 Å². The fourth-order valence-electron chi connectivity index (χ4n) is 2.88. The number of aromatic nitrogens is 2.